The summed E-state index contributed by atoms with van der Waals surface area (Å²) >= 11 is 0. The second-order valence-corrected chi connectivity index (χ2v) is 6.46. The van der Waals surface area contributed by atoms with Crippen molar-refractivity contribution >= 4 is 5.91 Å². The molecule has 23 heavy (non-hydrogen) atoms. The van der Waals surface area contributed by atoms with E-state index in [1.807, 2.05) is 23.2 Å². The number of likely N-dealkylation sites (tertiary alicyclic amines) is 1. The van der Waals surface area contributed by atoms with Crippen LogP contribution < -0.4 is 0 Å². The van der Waals surface area contributed by atoms with Crippen LogP contribution in [-0.2, 0) is 11.2 Å². The van der Waals surface area contributed by atoms with Crippen molar-refractivity contribution in [3.8, 4) is 0 Å². The molecular formula is C19H25N3O. The number of piperidine rings is 1. The maximum Gasteiger partial charge on any atom is 0.222 e. The molecule has 0 bridgehead atoms. The van der Waals surface area contributed by atoms with Gasteiger partial charge in [-0.05, 0) is 56.9 Å². The van der Waals surface area contributed by atoms with E-state index in [2.05, 4.69) is 35.5 Å². The monoisotopic (exact) mass is 311 g/mol. The minimum atomic E-state index is 0.272. The van der Waals surface area contributed by atoms with Gasteiger partial charge in [-0.1, -0.05) is 6.07 Å². The van der Waals surface area contributed by atoms with Crippen LogP contribution in [0.4, 0.5) is 0 Å². The van der Waals surface area contributed by atoms with Gasteiger partial charge in [-0.15, -0.1) is 0 Å². The highest BCUT2D eigenvalue weighted by Gasteiger charge is 2.24. The summed E-state index contributed by atoms with van der Waals surface area (Å²) in [5, 5.41) is 0. The van der Waals surface area contributed by atoms with Gasteiger partial charge in [-0.25, -0.2) is 0 Å². The second-order valence-electron chi connectivity index (χ2n) is 6.46. The predicted molar refractivity (Wildman–Crippen MR) is 91.3 cm³/mol. The summed E-state index contributed by atoms with van der Waals surface area (Å²) in [7, 11) is 0. The molecule has 3 heterocycles. The first-order chi connectivity index (χ1) is 11.1. The average Bonchev–Trinajstić information content (AvgIpc) is 2.92. The molecule has 1 aliphatic rings. The molecule has 1 amide bonds. The Morgan fingerprint density at radius 3 is 2.48 bits per heavy atom. The predicted octanol–water partition coefficient (Wildman–Crippen LogP) is 3.30. The minimum Gasteiger partial charge on any atom is -0.346 e. The van der Waals surface area contributed by atoms with Gasteiger partial charge in [0, 0.05) is 49.3 Å². The number of pyridine rings is 1. The van der Waals surface area contributed by atoms with Gasteiger partial charge < -0.3 is 9.47 Å². The normalized spacial score (nSPS) is 15.8. The Hall–Kier alpha value is -2.10. The van der Waals surface area contributed by atoms with Crippen molar-refractivity contribution in [2.75, 3.05) is 13.1 Å². The molecule has 0 saturated carbocycles. The molecule has 2 aromatic rings. The lowest BCUT2D eigenvalue weighted by atomic mass is 10.0. The number of amides is 1. The molecule has 0 aromatic carbocycles. The number of carbonyl (C=O) groups is 1. The van der Waals surface area contributed by atoms with E-state index in [0.29, 0.717) is 12.5 Å². The van der Waals surface area contributed by atoms with Crippen LogP contribution in [0.25, 0.3) is 0 Å². The molecule has 0 aliphatic carbocycles. The van der Waals surface area contributed by atoms with Gasteiger partial charge in [-0.2, -0.15) is 0 Å². The molecule has 0 N–H and O–H groups in total. The van der Waals surface area contributed by atoms with E-state index in [1.54, 1.807) is 6.20 Å². The molecule has 1 saturated heterocycles. The van der Waals surface area contributed by atoms with Crippen molar-refractivity contribution in [3.05, 3.63) is 53.6 Å². The molecule has 0 radical (unpaired) electrons. The minimum absolute atomic E-state index is 0.272. The van der Waals surface area contributed by atoms with E-state index in [1.165, 1.54) is 11.4 Å². The van der Waals surface area contributed by atoms with Gasteiger partial charge >= 0.3 is 0 Å². The molecule has 1 fully saturated rings. The van der Waals surface area contributed by atoms with Crippen LogP contribution in [0.2, 0.25) is 0 Å². The van der Waals surface area contributed by atoms with Gasteiger partial charge in [0.05, 0.1) is 0 Å². The van der Waals surface area contributed by atoms with Gasteiger partial charge in [-0.3, -0.25) is 9.78 Å². The van der Waals surface area contributed by atoms with E-state index in [0.717, 1.165) is 37.9 Å². The zero-order valence-corrected chi connectivity index (χ0v) is 14.0. The fraction of sp³-hybridized carbons (Fsp3) is 0.474. The summed E-state index contributed by atoms with van der Waals surface area (Å²) < 4.78 is 2.43. The summed E-state index contributed by atoms with van der Waals surface area (Å²) in [6.07, 6.45) is 7.07. The van der Waals surface area contributed by atoms with Gasteiger partial charge in [0.2, 0.25) is 5.91 Å². The summed E-state index contributed by atoms with van der Waals surface area (Å²) in [6, 6.07) is 8.85. The van der Waals surface area contributed by atoms with Crippen molar-refractivity contribution in [3.63, 3.8) is 0 Å². The lowest BCUT2D eigenvalue weighted by Gasteiger charge is -2.34. The standard InChI is InChI=1S/C19H25N3O/c1-15-5-6-16(2)22(15)18-9-12-21(13-10-18)19(23)8-7-17-4-3-11-20-14-17/h3-6,11,14,18H,7-10,12-13H2,1-2H3. The van der Waals surface area contributed by atoms with E-state index >= 15 is 0 Å². The molecule has 122 valence electrons. The van der Waals surface area contributed by atoms with Crippen LogP contribution in [0.5, 0.6) is 0 Å². The topological polar surface area (TPSA) is 38.1 Å². The number of carbonyl (C=O) groups excluding carboxylic acids is 1. The summed E-state index contributed by atoms with van der Waals surface area (Å²) in [5.41, 5.74) is 3.78. The zero-order chi connectivity index (χ0) is 16.2. The summed E-state index contributed by atoms with van der Waals surface area (Å²) in [5.74, 6) is 0.272. The van der Waals surface area contributed by atoms with Gasteiger partial charge in [0.15, 0.2) is 0 Å². The van der Waals surface area contributed by atoms with E-state index in [-0.39, 0.29) is 5.91 Å². The molecule has 4 heteroatoms. The SMILES string of the molecule is Cc1ccc(C)n1C1CCN(C(=O)CCc2cccnc2)CC1. The van der Waals surface area contributed by atoms with Crippen LogP contribution in [0.1, 0.15) is 42.3 Å². The first-order valence-electron chi connectivity index (χ1n) is 8.46. The lowest BCUT2D eigenvalue weighted by molar-refractivity contribution is -0.132. The van der Waals surface area contributed by atoms with E-state index in [9.17, 15) is 4.79 Å². The first kappa shape index (κ1) is 15.8. The number of rotatable bonds is 4. The Balaban J connectivity index is 1.51. The third-order valence-electron chi connectivity index (χ3n) is 4.86. The second kappa shape index (κ2) is 6.99. The number of aryl methyl sites for hydroxylation is 3. The number of hydrogen-bond donors (Lipinski definition) is 0. The van der Waals surface area contributed by atoms with Gasteiger partial charge in [0.1, 0.15) is 0 Å². The Kier molecular flexibility index (Phi) is 4.79. The Labute approximate surface area is 138 Å². The molecular weight excluding hydrogens is 286 g/mol. The highest BCUT2D eigenvalue weighted by molar-refractivity contribution is 5.76. The molecule has 1 aliphatic heterocycles. The molecule has 0 atom stereocenters. The quantitative estimate of drug-likeness (QED) is 0.869. The maximum absolute atomic E-state index is 12.4. The lowest BCUT2D eigenvalue weighted by Crippen LogP contribution is -2.39. The Bertz CT molecular complexity index is 635. The molecule has 0 unspecified atom stereocenters. The molecule has 4 nitrogen and oxygen atoms in total. The zero-order valence-electron chi connectivity index (χ0n) is 14.0. The van der Waals surface area contributed by atoms with Gasteiger partial charge in [0.25, 0.3) is 0 Å². The summed E-state index contributed by atoms with van der Waals surface area (Å²) in [6.45, 7) is 6.07. The fourth-order valence-electron chi connectivity index (χ4n) is 3.58. The van der Waals surface area contributed by atoms with Crippen LogP contribution in [0.15, 0.2) is 36.7 Å². The van der Waals surface area contributed by atoms with Crippen molar-refractivity contribution in [1.29, 1.82) is 0 Å². The fourth-order valence-corrected chi connectivity index (χ4v) is 3.58. The highest BCUT2D eigenvalue weighted by atomic mass is 16.2. The van der Waals surface area contributed by atoms with Crippen molar-refractivity contribution in [2.45, 2.75) is 45.6 Å². The smallest absolute Gasteiger partial charge is 0.222 e. The third kappa shape index (κ3) is 3.63. The number of hydrogen-bond acceptors (Lipinski definition) is 2. The Morgan fingerprint density at radius 2 is 1.87 bits per heavy atom. The number of aromatic nitrogens is 2. The van der Waals surface area contributed by atoms with Crippen LogP contribution in [-0.4, -0.2) is 33.4 Å². The number of nitrogens with zero attached hydrogens (tertiary/aromatic N) is 3. The van der Waals surface area contributed by atoms with Crippen molar-refractivity contribution in [2.24, 2.45) is 0 Å². The summed E-state index contributed by atoms with van der Waals surface area (Å²) in [4.78, 5) is 18.5. The largest absolute Gasteiger partial charge is 0.346 e. The third-order valence-corrected chi connectivity index (χ3v) is 4.86. The Morgan fingerprint density at radius 1 is 1.17 bits per heavy atom. The maximum atomic E-state index is 12.4. The van der Waals surface area contributed by atoms with Crippen molar-refractivity contribution in [1.82, 2.24) is 14.5 Å². The first-order valence-corrected chi connectivity index (χ1v) is 8.46. The molecule has 2 aromatic heterocycles. The van der Waals surface area contributed by atoms with Crippen molar-refractivity contribution < 1.29 is 4.79 Å². The van der Waals surface area contributed by atoms with E-state index in [4.69, 9.17) is 0 Å². The highest BCUT2D eigenvalue weighted by Crippen LogP contribution is 2.26. The van der Waals surface area contributed by atoms with E-state index < -0.39 is 0 Å². The van der Waals surface area contributed by atoms with Crippen LogP contribution in [0.3, 0.4) is 0 Å². The van der Waals surface area contributed by atoms with Crippen LogP contribution >= 0.6 is 0 Å². The molecule has 0 spiro atoms. The van der Waals surface area contributed by atoms with Crippen LogP contribution in [0, 0.1) is 13.8 Å². The average molecular weight is 311 g/mol. The molecule has 3 rings (SSSR count).